The van der Waals surface area contributed by atoms with Crippen LogP contribution in [0.2, 0.25) is 0 Å². The zero-order chi connectivity index (χ0) is 91.7. The zero-order valence-electron chi connectivity index (χ0n) is 70.2. The standard InChI is InChI=1S/C25H20N4O4.C25H19N3O4.C24H18N4O4.C24H19N3O5S/c1-32-15-26-19-12-13-20(21(30)14-19)24-28-22(16-6-4-3-5-7-16)27-23(29-24)17-8-10-18(11-9-17)25(31)33-2;1-15(29)19-12-13-20(21(30)14-19)24-27-22(16-6-4-3-5-7-16)26-23(28-24)17-8-10-18(11-9-17)25(31)32-2;1-32-24(31)16-9-7-15(8-10-16)22-26-21(14-5-3-2-4-6-14)27-23(28-22)18-12-11-17(20(25)30)13-19(18)29;1-30-24(29)17-10-8-16(9-11-17)22-25-21(15-6-4-3-5-7-15)26-23(27-22)19-13-12-18(14-20(19)28)33-32-31-2/h3-15,30H,1-2H3;3-14,30H,1-2H3;2-13,29H,1H3,(H2,25,30);3-14,28H,1-2H3. The fraction of sp³-hybridized carbons (Fsp3) is 0.0714. The van der Waals surface area contributed by atoms with Gasteiger partial charge in [-0.25, -0.2) is 88.9 Å². The molecule has 4 heterocycles. The summed E-state index contributed by atoms with van der Waals surface area (Å²) in [5, 5.41) is 42.3. The minimum Gasteiger partial charge on any atom is -0.507 e. The van der Waals surface area contributed by atoms with E-state index in [0.717, 1.165) is 34.3 Å². The van der Waals surface area contributed by atoms with Crippen LogP contribution in [0.25, 0.3) is 137 Å². The minimum absolute atomic E-state index is 0.0168. The second-order valence-electron chi connectivity index (χ2n) is 27.5. The highest BCUT2D eigenvalue weighted by molar-refractivity contribution is 7.94. The van der Waals surface area contributed by atoms with Gasteiger partial charge in [0.1, 0.15) is 23.0 Å². The number of esters is 4. The summed E-state index contributed by atoms with van der Waals surface area (Å²) in [7, 11) is 8.20. The number of phenolic OH excluding ortho intramolecular Hbond substituents is 4. The van der Waals surface area contributed by atoms with Gasteiger partial charge < -0.3 is 49.8 Å². The summed E-state index contributed by atoms with van der Waals surface area (Å²) >= 11 is 0.971. The van der Waals surface area contributed by atoms with Crippen molar-refractivity contribution in [3.8, 4) is 160 Å². The van der Waals surface area contributed by atoms with E-state index in [1.165, 1.54) is 92.4 Å². The summed E-state index contributed by atoms with van der Waals surface area (Å²) < 4.78 is 28.7. The molecule has 1 amide bonds. The van der Waals surface area contributed by atoms with E-state index in [-0.39, 0.29) is 46.0 Å². The van der Waals surface area contributed by atoms with Crippen molar-refractivity contribution >= 4 is 59.7 Å². The third-order valence-electron chi connectivity index (χ3n) is 19.0. The lowest BCUT2D eigenvalue weighted by atomic mass is 10.1. The molecular weight excluding hydrogens is 1680 g/mol. The molecule has 0 bridgehead atoms. The largest absolute Gasteiger partial charge is 0.507 e. The van der Waals surface area contributed by atoms with Gasteiger partial charge in [-0.15, -0.1) is 0 Å². The summed E-state index contributed by atoms with van der Waals surface area (Å²) in [5.41, 5.74) is 15.4. The Hall–Kier alpha value is -17.4. The number of aromatic hydroxyl groups is 4. The number of carbonyl (C=O) groups excluding carboxylic acids is 6. The zero-order valence-corrected chi connectivity index (χ0v) is 71.0. The lowest BCUT2D eigenvalue weighted by Crippen LogP contribution is -2.10. The van der Waals surface area contributed by atoms with Crippen LogP contribution in [0, 0.1) is 0 Å². The number of nitrogens with two attached hydrogens (primary N) is 1. The maximum absolute atomic E-state index is 11.8. The van der Waals surface area contributed by atoms with Gasteiger partial charge in [0, 0.05) is 66.6 Å². The Labute approximate surface area is 746 Å². The Kier molecular flexibility index (Phi) is 29.8. The molecule has 0 fully saturated rings. The number of aliphatic imine (C=N–C) groups is 1. The van der Waals surface area contributed by atoms with E-state index in [1.807, 2.05) is 121 Å². The molecule has 4 aromatic heterocycles. The fourth-order valence-corrected chi connectivity index (χ4v) is 12.8. The van der Waals surface area contributed by atoms with Crippen molar-refractivity contribution in [2.24, 2.45) is 10.7 Å². The molecule has 0 unspecified atom stereocenters. The smallest absolute Gasteiger partial charge is 0.337 e. The van der Waals surface area contributed by atoms with Gasteiger partial charge in [0.05, 0.1) is 105 Å². The molecule has 0 aliphatic carbocycles. The SMILES string of the molecule is COC(=O)c1ccc(-c2nc(-c3ccccc3)nc(-c3ccc(C(C)=O)cc3O)n2)cc1.COC(=O)c1ccc(-c2nc(-c3ccccc3)nc(-c3ccc(C(N)=O)cc3O)n2)cc1.COC=Nc1ccc(-c2nc(-c3ccccc3)nc(-c3ccc(C(=O)OC)cc3)n2)c(O)c1.COOSc1ccc(-c2nc(-c3ccccc3)nc(-c3ccc(C(=O)OC)cc3)n2)c(O)c1. The predicted octanol–water partition coefficient (Wildman–Crippen LogP) is 17.7. The van der Waals surface area contributed by atoms with E-state index in [2.05, 4.69) is 69.7 Å². The average molecular weight is 1750 g/mol. The van der Waals surface area contributed by atoms with Gasteiger partial charge in [-0.1, -0.05) is 176 Å². The maximum Gasteiger partial charge on any atom is 0.337 e. The van der Waals surface area contributed by atoms with Crippen molar-refractivity contribution in [3.05, 3.63) is 325 Å². The normalized spacial score (nSPS) is 10.7. The summed E-state index contributed by atoms with van der Waals surface area (Å²) in [4.78, 5) is 134. The van der Waals surface area contributed by atoms with E-state index < -0.39 is 29.8 Å². The van der Waals surface area contributed by atoms with Crippen LogP contribution >= 0.6 is 12.0 Å². The number of rotatable bonds is 23. The van der Waals surface area contributed by atoms with Gasteiger partial charge in [-0.3, -0.25) is 9.59 Å². The highest BCUT2D eigenvalue weighted by Gasteiger charge is 2.23. The number of ether oxygens (including phenoxy) is 5. The molecule has 0 saturated carbocycles. The van der Waals surface area contributed by atoms with E-state index in [0.29, 0.717) is 141 Å². The fourth-order valence-electron chi connectivity index (χ4n) is 12.4. The quantitative estimate of drug-likeness (QED) is 0.00580. The van der Waals surface area contributed by atoms with Crippen LogP contribution in [0.4, 0.5) is 5.69 Å². The number of hydrogen-bond donors (Lipinski definition) is 5. The Morgan fingerprint density at radius 1 is 0.292 bits per heavy atom. The number of primary amides is 1. The van der Waals surface area contributed by atoms with Crippen molar-refractivity contribution in [1.29, 1.82) is 0 Å². The van der Waals surface area contributed by atoms with Gasteiger partial charge in [-0.05, 0) is 116 Å². The summed E-state index contributed by atoms with van der Waals surface area (Å²) in [5.74, 6) is 1.47. The number of benzene rings is 12. The van der Waals surface area contributed by atoms with Crippen molar-refractivity contribution in [2.75, 3.05) is 42.7 Å². The first-order chi connectivity index (χ1) is 63.1. The molecule has 31 nitrogen and oxygen atoms in total. The van der Waals surface area contributed by atoms with E-state index in [9.17, 15) is 49.2 Å². The number of ketones is 1. The Morgan fingerprint density at radius 3 is 0.792 bits per heavy atom. The molecule has 0 atom stereocenters. The maximum atomic E-state index is 11.8. The van der Waals surface area contributed by atoms with E-state index in [4.69, 9.17) is 33.8 Å². The Bertz CT molecular complexity index is 6610. The number of nitrogens with zero attached hydrogens (tertiary/aromatic N) is 13. The average Bonchev–Trinajstić information content (AvgIpc) is 0.803. The second kappa shape index (κ2) is 42.8. The number of Topliss-reactive ketones (excluding diaryl/α,β-unsaturated/α-hetero) is 1. The van der Waals surface area contributed by atoms with Crippen LogP contribution in [0.3, 0.4) is 0 Å². The van der Waals surface area contributed by atoms with Crippen molar-refractivity contribution in [1.82, 2.24) is 59.8 Å². The highest BCUT2D eigenvalue weighted by Crippen LogP contribution is 2.38. The van der Waals surface area contributed by atoms with Gasteiger partial charge in [0.25, 0.3) is 0 Å². The van der Waals surface area contributed by atoms with Crippen LogP contribution in [0.5, 0.6) is 23.0 Å². The second-order valence-corrected chi connectivity index (χ2v) is 28.3. The Balaban J connectivity index is 0.000000148. The van der Waals surface area contributed by atoms with Gasteiger partial charge in [0.2, 0.25) is 5.91 Å². The van der Waals surface area contributed by atoms with Crippen molar-refractivity contribution in [3.63, 3.8) is 0 Å². The highest BCUT2D eigenvalue weighted by atomic mass is 32.2. The van der Waals surface area contributed by atoms with Crippen LogP contribution < -0.4 is 5.73 Å². The third kappa shape index (κ3) is 22.6. The molecule has 130 heavy (non-hydrogen) atoms. The van der Waals surface area contributed by atoms with E-state index in [1.54, 1.807) is 133 Å². The van der Waals surface area contributed by atoms with Crippen molar-refractivity contribution in [2.45, 2.75) is 11.8 Å². The summed E-state index contributed by atoms with van der Waals surface area (Å²) in [6.07, 6.45) is 1.28. The molecule has 32 heteroatoms. The molecular formula is C98H76N14O17S. The molecule has 0 aliphatic rings. The minimum atomic E-state index is -0.654. The molecule has 6 N–H and O–H groups in total. The van der Waals surface area contributed by atoms with Gasteiger partial charge >= 0.3 is 23.9 Å². The molecule has 12 aromatic carbocycles. The number of aromatic nitrogens is 12. The van der Waals surface area contributed by atoms with E-state index >= 15 is 0 Å². The predicted molar refractivity (Wildman–Crippen MR) is 484 cm³/mol. The Morgan fingerprint density at radius 2 is 0.538 bits per heavy atom. The lowest BCUT2D eigenvalue weighted by molar-refractivity contribution is -0.160. The van der Waals surface area contributed by atoms with Crippen LogP contribution in [0.15, 0.2) is 301 Å². The molecule has 16 rings (SSSR count). The molecule has 0 aliphatic heterocycles. The monoisotopic (exact) mass is 1750 g/mol. The summed E-state index contributed by atoms with van der Waals surface area (Å²) in [6.45, 7) is 1.43. The molecule has 646 valence electrons. The first kappa shape index (κ1) is 90.4. The molecule has 0 saturated heterocycles. The summed E-state index contributed by atoms with van der Waals surface area (Å²) in [6, 6.07) is 83.4. The molecule has 0 radical (unpaired) electrons. The lowest BCUT2D eigenvalue weighted by Gasteiger charge is -2.10. The number of carbonyl (C=O) groups is 6. The van der Waals surface area contributed by atoms with Crippen LogP contribution in [-0.4, -0.2) is 165 Å². The van der Waals surface area contributed by atoms with Crippen LogP contribution in [-0.2, 0) is 32.9 Å². The number of hydrogen-bond acceptors (Lipinski definition) is 31. The molecule has 0 spiro atoms. The van der Waals surface area contributed by atoms with Gasteiger partial charge in [-0.2, -0.15) is 4.33 Å². The number of amides is 1. The topological polar surface area (TPSA) is 441 Å². The number of methoxy groups -OCH3 is 5. The molecule has 16 aromatic rings. The van der Waals surface area contributed by atoms with Crippen molar-refractivity contribution < 1.29 is 82.1 Å². The third-order valence-corrected chi connectivity index (χ3v) is 19.7. The van der Waals surface area contributed by atoms with Gasteiger partial charge in [0.15, 0.2) is 82.1 Å². The first-order valence-electron chi connectivity index (χ1n) is 39.2. The first-order valence-corrected chi connectivity index (χ1v) is 39.9. The van der Waals surface area contributed by atoms with Crippen LogP contribution in [0.1, 0.15) is 69.1 Å². The number of phenols is 4.